The maximum Gasteiger partial charge on any atom is 0.0294 e. The molecule has 2 heteroatoms. The van der Waals surface area contributed by atoms with Crippen molar-refractivity contribution in [1.29, 1.82) is 0 Å². The molecule has 0 radical (unpaired) electrons. The normalized spacial score (nSPS) is 19.3. The van der Waals surface area contributed by atoms with Gasteiger partial charge in [-0.3, -0.25) is 0 Å². The van der Waals surface area contributed by atoms with Gasteiger partial charge in [-0.1, -0.05) is 40.9 Å². The molecule has 1 fully saturated rings. The van der Waals surface area contributed by atoms with Crippen LogP contribution in [0.1, 0.15) is 44.2 Å². The average molecular weight is 268 g/mol. The van der Waals surface area contributed by atoms with Crippen LogP contribution in [0.2, 0.25) is 0 Å². The number of hydrogen-bond donors (Lipinski definition) is 1. The lowest BCUT2D eigenvalue weighted by molar-refractivity contribution is 0.461. The van der Waals surface area contributed by atoms with E-state index in [2.05, 4.69) is 52.4 Å². The monoisotopic (exact) mass is 267 g/mol. The lowest BCUT2D eigenvalue weighted by atomic mass is 10.1. The summed E-state index contributed by atoms with van der Waals surface area (Å²) in [5, 5.41) is 3.70. The van der Waals surface area contributed by atoms with Crippen molar-refractivity contribution >= 4 is 15.9 Å². The second-order valence-corrected chi connectivity index (χ2v) is 5.34. The molecule has 0 bridgehead atoms. The first-order valence-corrected chi connectivity index (χ1v) is 6.56. The van der Waals surface area contributed by atoms with E-state index < -0.39 is 0 Å². The Bertz CT molecular complexity index is 301. The van der Waals surface area contributed by atoms with Crippen molar-refractivity contribution in [3.05, 3.63) is 34.3 Å². The predicted octanol–water partition coefficient (Wildman–Crippen LogP) is 4.04. The molecule has 2 rings (SSSR count). The zero-order chi connectivity index (χ0) is 10.7. The number of halogens is 1. The van der Waals surface area contributed by atoms with E-state index in [0.29, 0.717) is 6.04 Å². The third-order valence-electron chi connectivity index (χ3n) is 3.21. The van der Waals surface area contributed by atoms with Crippen LogP contribution in [0, 0.1) is 0 Å². The largest absolute Gasteiger partial charge is 0.307 e. The second kappa shape index (κ2) is 5.13. The third kappa shape index (κ3) is 3.05. The van der Waals surface area contributed by atoms with Crippen molar-refractivity contribution in [2.24, 2.45) is 0 Å². The van der Waals surface area contributed by atoms with Crippen molar-refractivity contribution < 1.29 is 0 Å². The Hall–Kier alpha value is -0.340. The zero-order valence-electron chi connectivity index (χ0n) is 9.17. The molecule has 1 unspecified atom stereocenters. The Kier molecular flexibility index (Phi) is 3.81. The second-order valence-electron chi connectivity index (χ2n) is 4.42. The minimum atomic E-state index is 0.473. The molecule has 0 heterocycles. The van der Waals surface area contributed by atoms with Crippen LogP contribution in [0.3, 0.4) is 0 Å². The highest BCUT2D eigenvalue weighted by Gasteiger charge is 2.17. The van der Waals surface area contributed by atoms with E-state index in [1.165, 1.54) is 31.2 Å². The molecule has 1 aromatic carbocycles. The van der Waals surface area contributed by atoms with Gasteiger partial charge in [0.05, 0.1) is 0 Å². The van der Waals surface area contributed by atoms with E-state index in [4.69, 9.17) is 0 Å². The van der Waals surface area contributed by atoms with Crippen molar-refractivity contribution in [1.82, 2.24) is 5.32 Å². The molecular weight excluding hydrogens is 250 g/mol. The molecule has 1 saturated carbocycles. The van der Waals surface area contributed by atoms with Crippen molar-refractivity contribution in [2.45, 2.75) is 44.7 Å². The van der Waals surface area contributed by atoms with Crippen LogP contribution in [0.15, 0.2) is 28.7 Å². The van der Waals surface area contributed by atoms with Crippen LogP contribution in [-0.2, 0) is 0 Å². The van der Waals surface area contributed by atoms with Gasteiger partial charge in [-0.2, -0.15) is 0 Å². The minimum absolute atomic E-state index is 0.473. The van der Waals surface area contributed by atoms with Gasteiger partial charge in [0.25, 0.3) is 0 Å². The number of benzene rings is 1. The smallest absolute Gasteiger partial charge is 0.0294 e. The summed E-state index contributed by atoms with van der Waals surface area (Å²) in [4.78, 5) is 0. The van der Waals surface area contributed by atoms with Crippen LogP contribution in [-0.4, -0.2) is 6.04 Å². The lowest BCUT2D eigenvalue weighted by Gasteiger charge is -2.19. The summed E-state index contributed by atoms with van der Waals surface area (Å²) in [5.41, 5.74) is 1.38. The molecule has 0 aliphatic heterocycles. The molecule has 1 aromatic rings. The molecule has 0 aromatic heterocycles. The number of hydrogen-bond acceptors (Lipinski definition) is 1. The zero-order valence-corrected chi connectivity index (χ0v) is 10.8. The summed E-state index contributed by atoms with van der Waals surface area (Å²) in [6.45, 7) is 2.25. The van der Waals surface area contributed by atoms with E-state index in [0.717, 1.165) is 10.5 Å². The number of nitrogens with one attached hydrogen (secondary N) is 1. The lowest BCUT2D eigenvalue weighted by Crippen LogP contribution is -2.28. The van der Waals surface area contributed by atoms with E-state index in [9.17, 15) is 0 Å². The first kappa shape index (κ1) is 11.2. The summed E-state index contributed by atoms with van der Waals surface area (Å²) >= 11 is 3.46. The van der Waals surface area contributed by atoms with E-state index in [1.54, 1.807) is 0 Å². The maximum atomic E-state index is 3.70. The maximum absolute atomic E-state index is 3.70. The van der Waals surface area contributed by atoms with Gasteiger partial charge >= 0.3 is 0 Å². The van der Waals surface area contributed by atoms with Gasteiger partial charge in [0, 0.05) is 16.6 Å². The van der Waals surface area contributed by atoms with Gasteiger partial charge in [0.15, 0.2) is 0 Å². The van der Waals surface area contributed by atoms with Crippen LogP contribution in [0.5, 0.6) is 0 Å². The summed E-state index contributed by atoms with van der Waals surface area (Å²) in [7, 11) is 0. The quantitative estimate of drug-likeness (QED) is 0.872. The van der Waals surface area contributed by atoms with E-state index in [1.807, 2.05) is 0 Å². The van der Waals surface area contributed by atoms with E-state index in [-0.39, 0.29) is 0 Å². The van der Waals surface area contributed by atoms with Gasteiger partial charge in [0.2, 0.25) is 0 Å². The topological polar surface area (TPSA) is 12.0 Å². The predicted molar refractivity (Wildman–Crippen MR) is 67.9 cm³/mol. The van der Waals surface area contributed by atoms with Crippen molar-refractivity contribution in [3.63, 3.8) is 0 Å². The SMILES string of the molecule is CC(NC1CCCC1)c1ccc(Br)cc1. The number of rotatable bonds is 3. The molecule has 1 atom stereocenters. The fourth-order valence-electron chi connectivity index (χ4n) is 2.29. The van der Waals surface area contributed by atoms with Crippen LogP contribution < -0.4 is 5.32 Å². The first-order valence-electron chi connectivity index (χ1n) is 5.77. The van der Waals surface area contributed by atoms with Crippen LogP contribution in [0.4, 0.5) is 0 Å². The summed E-state index contributed by atoms with van der Waals surface area (Å²) in [6, 6.07) is 9.82. The Balaban J connectivity index is 1.94. The Morgan fingerprint density at radius 3 is 2.40 bits per heavy atom. The molecule has 15 heavy (non-hydrogen) atoms. The van der Waals surface area contributed by atoms with E-state index >= 15 is 0 Å². The van der Waals surface area contributed by atoms with Gasteiger partial charge in [-0.25, -0.2) is 0 Å². The summed E-state index contributed by atoms with van der Waals surface area (Å²) in [5.74, 6) is 0. The fourth-order valence-corrected chi connectivity index (χ4v) is 2.56. The van der Waals surface area contributed by atoms with Gasteiger partial charge < -0.3 is 5.32 Å². The molecular formula is C13H18BrN. The highest BCUT2D eigenvalue weighted by atomic mass is 79.9. The van der Waals surface area contributed by atoms with Gasteiger partial charge in [0.1, 0.15) is 0 Å². The molecule has 0 saturated heterocycles. The first-order chi connectivity index (χ1) is 7.25. The molecule has 1 N–H and O–H groups in total. The highest BCUT2D eigenvalue weighted by Crippen LogP contribution is 2.22. The Labute approximate surface area is 100 Å². The Morgan fingerprint density at radius 2 is 1.80 bits per heavy atom. The summed E-state index contributed by atoms with van der Waals surface area (Å²) in [6.07, 6.45) is 5.48. The van der Waals surface area contributed by atoms with Crippen LogP contribution >= 0.6 is 15.9 Å². The van der Waals surface area contributed by atoms with Crippen molar-refractivity contribution in [2.75, 3.05) is 0 Å². The molecule has 0 amide bonds. The van der Waals surface area contributed by atoms with Gasteiger partial charge in [-0.15, -0.1) is 0 Å². The molecule has 82 valence electrons. The third-order valence-corrected chi connectivity index (χ3v) is 3.74. The molecule has 1 nitrogen and oxygen atoms in total. The average Bonchev–Trinajstić information content (AvgIpc) is 2.71. The minimum Gasteiger partial charge on any atom is -0.307 e. The summed E-state index contributed by atoms with van der Waals surface area (Å²) < 4.78 is 1.15. The Morgan fingerprint density at radius 1 is 1.20 bits per heavy atom. The fraction of sp³-hybridized carbons (Fsp3) is 0.538. The highest BCUT2D eigenvalue weighted by molar-refractivity contribution is 9.10. The molecule has 1 aliphatic rings. The van der Waals surface area contributed by atoms with Crippen molar-refractivity contribution in [3.8, 4) is 0 Å². The standard InChI is InChI=1S/C13H18BrN/c1-10(15-13-4-2-3-5-13)11-6-8-12(14)9-7-11/h6-10,13,15H,2-5H2,1H3. The van der Waals surface area contributed by atoms with Gasteiger partial charge in [-0.05, 0) is 37.5 Å². The molecule has 0 spiro atoms. The van der Waals surface area contributed by atoms with Crippen LogP contribution in [0.25, 0.3) is 0 Å². The molecule has 1 aliphatic carbocycles.